The number of nitrogens with one attached hydrogen (secondary N) is 1. The summed E-state index contributed by atoms with van der Waals surface area (Å²) >= 11 is 0. The van der Waals surface area contributed by atoms with Gasteiger partial charge in [0.15, 0.2) is 0 Å². The van der Waals surface area contributed by atoms with Crippen LogP contribution < -0.4 is 5.32 Å². The Morgan fingerprint density at radius 3 is 2.24 bits per heavy atom. The number of likely N-dealkylation sites (tertiary alicyclic amines) is 1. The smallest absolute Gasteiger partial charge is 0.255 e. The molecule has 1 fully saturated rings. The van der Waals surface area contributed by atoms with E-state index in [1.54, 1.807) is 47.4 Å². The molecule has 2 aromatic carbocycles. The number of hydrogen-bond donors (Lipinski definition) is 1. The molecule has 1 aliphatic rings. The summed E-state index contributed by atoms with van der Waals surface area (Å²) in [6.45, 7) is 3.84. The molecule has 29 heavy (non-hydrogen) atoms. The minimum atomic E-state index is -0.209. The van der Waals surface area contributed by atoms with E-state index >= 15 is 0 Å². The van der Waals surface area contributed by atoms with E-state index in [4.69, 9.17) is 0 Å². The molecule has 1 N–H and O–H groups in total. The molecule has 0 unspecified atom stereocenters. The summed E-state index contributed by atoms with van der Waals surface area (Å²) in [6, 6.07) is 14.2. The number of benzene rings is 2. The third-order valence-corrected chi connectivity index (χ3v) is 5.27. The number of nitrogens with zero attached hydrogens (tertiary/aromatic N) is 4. The van der Waals surface area contributed by atoms with Gasteiger partial charge >= 0.3 is 0 Å². The van der Waals surface area contributed by atoms with Crippen molar-refractivity contribution in [3.05, 3.63) is 72.3 Å². The number of hydrogen-bond acceptors (Lipinski definition) is 4. The first-order valence-electron chi connectivity index (χ1n) is 9.76. The first kappa shape index (κ1) is 18.9. The van der Waals surface area contributed by atoms with E-state index in [-0.39, 0.29) is 11.8 Å². The van der Waals surface area contributed by atoms with Crippen LogP contribution in [0.4, 0.5) is 5.69 Å². The highest BCUT2D eigenvalue weighted by Crippen LogP contribution is 2.19. The maximum atomic E-state index is 12.6. The lowest BCUT2D eigenvalue weighted by Crippen LogP contribution is -2.37. The second-order valence-electron chi connectivity index (χ2n) is 7.39. The van der Waals surface area contributed by atoms with Gasteiger partial charge in [-0.15, -0.1) is 0 Å². The predicted octanol–water partition coefficient (Wildman–Crippen LogP) is 3.39. The van der Waals surface area contributed by atoms with Crippen LogP contribution in [0.1, 0.15) is 40.5 Å². The van der Waals surface area contributed by atoms with Crippen LogP contribution in [-0.2, 0) is 0 Å². The topological polar surface area (TPSA) is 80.1 Å². The summed E-state index contributed by atoms with van der Waals surface area (Å²) in [5, 5.41) is 6.93. The Balaban J connectivity index is 1.38. The van der Waals surface area contributed by atoms with Crippen molar-refractivity contribution in [1.82, 2.24) is 19.7 Å². The normalized spacial score (nSPS) is 14.6. The Bertz CT molecular complexity index is 973. The Morgan fingerprint density at radius 2 is 1.62 bits per heavy atom. The summed E-state index contributed by atoms with van der Waals surface area (Å²) in [7, 11) is 0. The molecule has 0 bridgehead atoms. The minimum absolute atomic E-state index is 0.0541. The first-order valence-corrected chi connectivity index (χ1v) is 9.76. The Hall–Kier alpha value is -3.48. The monoisotopic (exact) mass is 389 g/mol. The van der Waals surface area contributed by atoms with Crippen LogP contribution in [0.3, 0.4) is 0 Å². The van der Waals surface area contributed by atoms with Crippen molar-refractivity contribution in [2.75, 3.05) is 18.4 Å². The lowest BCUT2D eigenvalue weighted by atomic mass is 9.98. The van der Waals surface area contributed by atoms with Gasteiger partial charge in [0.1, 0.15) is 12.7 Å². The van der Waals surface area contributed by atoms with Gasteiger partial charge in [-0.05, 0) is 67.3 Å². The number of amides is 2. The van der Waals surface area contributed by atoms with Crippen LogP contribution >= 0.6 is 0 Å². The van der Waals surface area contributed by atoms with Crippen LogP contribution in [0.5, 0.6) is 0 Å². The molecule has 2 heterocycles. The fourth-order valence-electron chi connectivity index (χ4n) is 3.40. The second-order valence-corrected chi connectivity index (χ2v) is 7.39. The SMILES string of the molecule is CC1CCN(C(=O)c2ccc(NC(=O)c3ccc(-n4cncn4)cc3)cc2)CC1. The fourth-order valence-corrected chi connectivity index (χ4v) is 3.40. The summed E-state index contributed by atoms with van der Waals surface area (Å²) in [6.07, 6.45) is 5.16. The number of carbonyl (C=O) groups excluding carboxylic acids is 2. The molecule has 0 aliphatic carbocycles. The van der Waals surface area contributed by atoms with Gasteiger partial charge in [-0.1, -0.05) is 6.92 Å². The van der Waals surface area contributed by atoms with Gasteiger partial charge in [-0.25, -0.2) is 9.67 Å². The van der Waals surface area contributed by atoms with E-state index in [9.17, 15) is 9.59 Å². The zero-order valence-corrected chi connectivity index (χ0v) is 16.3. The maximum Gasteiger partial charge on any atom is 0.255 e. The molecule has 3 aromatic rings. The molecular formula is C22H23N5O2. The summed E-state index contributed by atoms with van der Waals surface area (Å²) < 4.78 is 1.63. The third kappa shape index (κ3) is 4.34. The summed E-state index contributed by atoms with van der Waals surface area (Å²) in [4.78, 5) is 30.9. The molecule has 0 spiro atoms. The van der Waals surface area contributed by atoms with Crippen LogP contribution in [0.2, 0.25) is 0 Å². The van der Waals surface area contributed by atoms with E-state index in [1.807, 2.05) is 17.0 Å². The number of aromatic nitrogens is 3. The quantitative estimate of drug-likeness (QED) is 0.742. The minimum Gasteiger partial charge on any atom is -0.339 e. The average Bonchev–Trinajstić information content (AvgIpc) is 3.29. The zero-order chi connectivity index (χ0) is 20.2. The van der Waals surface area contributed by atoms with Crippen molar-refractivity contribution in [1.29, 1.82) is 0 Å². The van der Waals surface area contributed by atoms with E-state index in [1.165, 1.54) is 6.33 Å². The Morgan fingerprint density at radius 1 is 0.966 bits per heavy atom. The van der Waals surface area contributed by atoms with E-state index in [2.05, 4.69) is 22.3 Å². The molecule has 1 saturated heterocycles. The third-order valence-electron chi connectivity index (χ3n) is 5.27. The lowest BCUT2D eigenvalue weighted by molar-refractivity contribution is 0.0697. The Labute approximate surface area is 169 Å². The zero-order valence-electron chi connectivity index (χ0n) is 16.3. The van der Waals surface area contributed by atoms with Crippen LogP contribution in [0.25, 0.3) is 5.69 Å². The van der Waals surface area contributed by atoms with Gasteiger partial charge in [0, 0.05) is 29.9 Å². The average molecular weight is 389 g/mol. The molecule has 1 aromatic heterocycles. The second kappa shape index (κ2) is 8.26. The number of piperidine rings is 1. The van der Waals surface area contributed by atoms with Gasteiger partial charge in [0.2, 0.25) is 0 Å². The van der Waals surface area contributed by atoms with Gasteiger partial charge in [0.25, 0.3) is 11.8 Å². The van der Waals surface area contributed by atoms with Crippen molar-refractivity contribution in [2.45, 2.75) is 19.8 Å². The lowest BCUT2D eigenvalue weighted by Gasteiger charge is -2.30. The molecule has 0 saturated carbocycles. The predicted molar refractivity (Wildman–Crippen MR) is 110 cm³/mol. The van der Waals surface area contributed by atoms with Crippen molar-refractivity contribution in [2.24, 2.45) is 5.92 Å². The van der Waals surface area contributed by atoms with Crippen LogP contribution in [0.15, 0.2) is 61.2 Å². The molecule has 2 amide bonds. The molecule has 4 rings (SSSR count). The van der Waals surface area contributed by atoms with Gasteiger partial charge in [-0.3, -0.25) is 9.59 Å². The van der Waals surface area contributed by atoms with Gasteiger partial charge < -0.3 is 10.2 Å². The van der Waals surface area contributed by atoms with Crippen molar-refractivity contribution < 1.29 is 9.59 Å². The van der Waals surface area contributed by atoms with Crippen molar-refractivity contribution >= 4 is 17.5 Å². The van der Waals surface area contributed by atoms with Gasteiger partial charge in [0.05, 0.1) is 5.69 Å². The Kier molecular flexibility index (Phi) is 5.37. The molecule has 148 valence electrons. The van der Waals surface area contributed by atoms with Crippen molar-refractivity contribution in [3.63, 3.8) is 0 Å². The molecule has 0 atom stereocenters. The fraction of sp³-hybridized carbons (Fsp3) is 0.273. The molecule has 7 nitrogen and oxygen atoms in total. The summed E-state index contributed by atoms with van der Waals surface area (Å²) in [5.74, 6) is 0.527. The molecular weight excluding hydrogens is 366 g/mol. The number of anilines is 1. The van der Waals surface area contributed by atoms with Crippen molar-refractivity contribution in [3.8, 4) is 5.69 Å². The molecule has 0 radical (unpaired) electrons. The van der Waals surface area contributed by atoms with Gasteiger partial charge in [-0.2, -0.15) is 5.10 Å². The summed E-state index contributed by atoms with van der Waals surface area (Å²) in [5.41, 5.74) is 2.67. The maximum absolute atomic E-state index is 12.6. The number of carbonyl (C=O) groups is 2. The first-order chi connectivity index (χ1) is 14.1. The highest BCUT2D eigenvalue weighted by Gasteiger charge is 2.21. The molecule has 7 heteroatoms. The van der Waals surface area contributed by atoms with Crippen LogP contribution in [-0.4, -0.2) is 44.6 Å². The largest absolute Gasteiger partial charge is 0.339 e. The van der Waals surface area contributed by atoms with E-state index < -0.39 is 0 Å². The molecule has 1 aliphatic heterocycles. The highest BCUT2D eigenvalue weighted by molar-refractivity contribution is 6.04. The van der Waals surface area contributed by atoms with E-state index in [0.717, 1.165) is 31.6 Å². The van der Waals surface area contributed by atoms with Crippen LogP contribution in [0, 0.1) is 5.92 Å². The van der Waals surface area contributed by atoms with E-state index in [0.29, 0.717) is 22.7 Å². The number of rotatable bonds is 4. The highest BCUT2D eigenvalue weighted by atomic mass is 16.2. The standard InChI is InChI=1S/C22H23N5O2/c1-16-10-12-26(13-11-16)22(29)18-2-6-19(7-3-18)25-21(28)17-4-8-20(9-5-17)27-15-23-14-24-27/h2-9,14-16H,10-13H2,1H3,(H,25,28).